The van der Waals surface area contributed by atoms with Crippen molar-refractivity contribution in [1.82, 2.24) is 19.2 Å². The zero-order valence-corrected chi connectivity index (χ0v) is 15.3. The number of hydrogen-bond donors (Lipinski definition) is 0. The standard InChI is InChI=1S/C14H24N4O3S2/c1-11-8-17(4-5-21-11)10-18-14(22)16(2)13(15-18)7-12-3-6-23(19,20)9-12/h11-12H,3-10H2,1-2H3/t11-,12+/m0/s1. The average Bonchev–Trinajstić information content (AvgIpc) is 2.94. The number of rotatable bonds is 4. The largest absolute Gasteiger partial charge is 0.376 e. The molecule has 0 unspecified atom stereocenters. The van der Waals surface area contributed by atoms with Crippen molar-refractivity contribution < 1.29 is 13.2 Å². The highest BCUT2D eigenvalue weighted by atomic mass is 32.2. The number of ether oxygens (including phenoxy) is 1. The van der Waals surface area contributed by atoms with Crippen LogP contribution in [-0.2, 0) is 34.7 Å². The van der Waals surface area contributed by atoms with Gasteiger partial charge in [-0.15, -0.1) is 0 Å². The third kappa shape index (κ3) is 4.01. The molecule has 23 heavy (non-hydrogen) atoms. The molecule has 1 aromatic heterocycles. The predicted octanol–water partition coefficient (Wildman–Crippen LogP) is 0.606. The second-order valence-electron chi connectivity index (χ2n) is 6.63. The average molecular weight is 361 g/mol. The molecule has 2 atom stereocenters. The molecule has 3 rings (SSSR count). The van der Waals surface area contributed by atoms with E-state index in [-0.39, 0.29) is 17.8 Å². The van der Waals surface area contributed by atoms with Crippen molar-refractivity contribution in [3.8, 4) is 0 Å². The predicted molar refractivity (Wildman–Crippen MR) is 89.5 cm³/mol. The van der Waals surface area contributed by atoms with Crippen LogP contribution in [0.25, 0.3) is 0 Å². The zero-order chi connectivity index (χ0) is 16.6. The fourth-order valence-electron chi connectivity index (χ4n) is 3.30. The van der Waals surface area contributed by atoms with Gasteiger partial charge in [0.2, 0.25) is 0 Å². The van der Waals surface area contributed by atoms with Gasteiger partial charge in [-0.1, -0.05) is 0 Å². The van der Waals surface area contributed by atoms with Crippen molar-refractivity contribution in [3.05, 3.63) is 10.6 Å². The fraction of sp³-hybridized carbons (Fsp3) is 0.857. The highest BCUT2D eigenvalue weighted by Crippen LogP contribution is 2.22. The number of hydrogen-bond acceptors (Lipinski definition) is 6. The van der Waals surface area contributed by atoms with Gasteiger partial charge in [0.15, 0.2) is 14.6 Å². The molecule has 3 heterocycles. The van der Waals surface area contributed by atoms with Gasteiger partial charge < -0.3 is 9.30 Å². The lowest BCUT2D eigenvalue weighted by molar-refractivity contribution is -0.0307. The Kier molecular flexibility index (Phi) is 4.91. The Morgan fingerprint density at radius 3 is 2.87 bits per heavy atom. The summed E-state index contributed by atoms with van der Waals surface area (Å²) in [6.45, 7) is 5.20. The number of sulfone groups is 1. The van der Waals surface area contributed by atoms with Crippen molar-refractivity contribution in [1.29, 1.82) is 0 Å². The highest BCUT2D eigenvalue weighted by Gasteiger charge is 2.29. The molecule has 0 bridgehead atoms. The van der Waals surface area contributed by atoms with Crippen LogP contribution in [0.15, 0.2) is 0 Å². The lowest BCUT2D eigenvalue weighted by Gasteiger charge is -2.30. The second-order valence-corrected chi connectivity index (χ2v) is 9.22. The van der Waals surface area contributed by atoms with Gasteiger partial charge in [-0.3, -0.25) is 4.90 Å². The maximum absolute atomic E-state index is 11.6. The molecule has 0 spiro atoms. The van der Waals surface area contributed by atoms with E-state index in [1.165, 1.54) is 0 Å². The number of morpholine rings is 1. The third-order valence-corrected chi connectivity index (χ3v) is 6.91. The number of nitrogens with zero attached hydrogens (tertiary/aromatic N) is 4. The minimum absolute atomic E-state index is 0.160. The van der Waals surface area contributed by atoms with Gasteiger partial charge >= 0.3 is 0 Å². The summed E-state index contributed by atoms with van der Waals surface area (Å²) in [6.07, 6.45) is 1.62. The topological polar surface area (TPSA) is 69.4 Å². The van der Waals surface area contributed by atoms with E-state index >= 15 is 0 Å². The van der Waals surface area contributed by atoms with Crippen LogP contribution >= 0.6 is 12.2 Å². The first-order valence-electron chi connectivity index (χ1n) is 8.01. The van der Waals surface area contributed by atoms with E-state index in [0.717, 1.165) is 31.9 Å². The minimum Gasteiger partial charge on any atom is -0.376 e. The Labute approximate surface area is 142 Å². The summed E-state index contributed by atoms with van der Waals surface area (Å²) < 4.78 is 33.2. The SMILES string of the molecule is C[C@H]1CN(Cn2nc(C[C@H]3CCS(=O)(=O)C3)n(C)c2=S)CCO1. The van der Waals surface area contributed by atoms with E-state index < -0.39 is 9.84 Å². The molecule has 0 amide bonds. The number of aromatic nitrogens is 3. The normalized spacial score (nSPS) is 28.3. The molecule has 1 aromatic rings. The molecule has 130 valence electrons. The molecule has 0 saturated carbocycles. The molecule has 9 heteroatoms. The van der Waals surface area contributed by atoms with E-state index in [4.69, 9.17) is 17.0 Å². The second kappa shape index (κ2) is 6.62. The molecule has 0 aliphatic carbocycles. The van der Waals surface area contributed by atoms with Gasteiger partial charge in [-0.05, 0) is 31.5 Å². The molecule has 0 aromatic carbocycles. The van der Waals surface area contributed by atoms with Gasteiger partial charge in [-0.2, -0.15) is 5.10 Å². The van der Waals surface area contributed by atoms with E-state index in [2.05, 4.69) is 16.9 Å². The quantitative estimate of drug-likeness (QED) is 0.733. The van der Waals surface area contributed by atoms with Crippen molar-refractivity contribution in [3.63, 3.8) is 0 Å². The maximum atomic E-state index is 11.6. The van der Waals surface area contributed by atoms with Crippen LogP contribution in [0, 0.1) is 10.7 Å². The molecule has 0 radical (unpaired) electrons. The molecular weight excluding hydrogens is 336 g/mol. The lowest BCUT2D eigenvalue weighted by Crippen LogP contribution is -2.42. The first kappa shape index (κ1) is 17.1. The third-order valence-electron chi connectivity index (χ3n) is 4.59. The summed E-state index contributed by atoms with van der Waals surface area (Å²) in [5, 5.41) is 4.64. The van der Waals surface area contributed by atoms with Crippen LogP contribution in [-0.4, -0.2) is 65.0 Å². The summed E-state index contributed by atoms with van der Waals surface area (Å²) >= 11 is 5.49. The molecule has 2 aliphatic rings. The first-order valence-corrected chi connectivity index (χ1v) is 10.2. The summed E-state index contributed by atoms with van der Waals surface area (Å²) in [6, 6.07) is 0. The van der Waals surface area contributed by atoms with Crippen molar-refractivity contribution in [2.45, 2.75) is 32.5 Å². The highest BCUT2D eigenvalue weighted by molar-refractivity contribution is 7.91. The summed E-state index contributed by atoms with van der Waals surface area (Å²) in [4.78, 5) is 2.28. The van der Waals surface area contributed by atoms with Gasteiger partial charge in [0, 0.05) is 26.6 Å². The van der Waals surface area contributed by atoms with Crippen molar-refractivity contribution in [2.24, 2.45) is 13.0 Å². The summed E-state index contributed by atoms with van der Waals surface area (Å²) in [5.41, 5.74) is 0. The lowest BCUT2D eigenvalue weighted by atomic mass is 10.1. The zero-order valence-electron chi connectivity index (χ0n) is 13.6. The Morgan fingerprint density at radius 1 is 1.43 bits per heavy atom. The van der Waals surface area contributed by atoms with Crippen LogP contribution in [0.2, 0.25) is 0 Å². The molecule has 2 fully saturated rings. The van der Waals surface area contributed by atoms with Crippen molar-refractivity contribution in [2.75, 3.05) is 31.2 Å². The van der Waals surface area contributed by atoms with Crippen molar-refractivity contribution >= 4 is 22.1 Å². The van der Waals surface area contributed by atoms with Crippen LogP contribution in [0.1, 0.15) is 19.2 Å². The summed E-state index contributed by atoms with van der Waals surface area (Å²) in [5.74, 6) is 1.60. The smallest absolute Gasteiger partial charge is 0.198 e. The Balaban J connectivity index is 1.70. The van der Waals surface area contributed by atoms with E-state index in [0.29, 0.717) is 23.6 Å². The molecule has 7 nitrogen and oxygen atoms in total. The molecular formula is C14H24N4O3S2. The van der Waals surface area contributed by atoms with Gasteiger partial charge in [0.05, 0.1) is 30.9 Å². The molecule has 2 saturated heterocycles. The minimum atomic E-state index is -2.85. The molecule has 0 N–H and O–H groups in total. The monoisotopic (exact) mass is 360 g/mol. The molecule has 2 aliphatic heterocycles. The Morgan fingerprint density at radius 2 is 2.22 bits per heavy atom. The van der Waals surface area contributed by atoms with Crippen LogP contribution in [0.3, 0.4) is 0 Å². The van der Waals surface area contributed by atoms with E-state index in [1.807, 2.05) is 16.3 Å². The maximum Gasteiger partial charge on any atom is 0.198 e. The van der Waals surface area contributed by atoms with Crippen LogP contribution in [0.4, 0.5) is 0 Å². The summed E-state index contributed by atoms with van der Waals surface area (Å²) in [7, 11) is -0.943. The van der Waals surface area contributed by atoms with Crippen LogP contribution < -0.4 is 0 Å². The van der Waals surface area contributed by atoms with Crippen LogP contribution in [0.5, 0.6) is 0 Å². The fourth-order valence-corrected chi connectivity index (χ4v) is 5.37. The van der Waals surface area contributed by atoms with E-state index in [9.17, 15) is 8.42 Å². The first-order chi connectivity index (χ1) is 10.8. The van der Waals surface area contributed by atoms with Gasteiger partial charge in [-0.25, -0.2) is 13.1 Å². The Bertz CT molecular complexity index is 725. The van der Waals surface area contributed by atoms with E-state index in [1.54, 1.807) is 0 Å². The van der Waals surface area contributed by atoms with Gasteiger partial charge in [0.1, 0.15) is 5.82 Å². The Hall–Kier alpha value is -0.770. The van der Waals surface area contributed by atoms with Gasteiger partial charge in [0.25, 0.3) is 0 Å².